The number of nitrogens with zero attached hydrogens (tertiary/aromatic N) is 4. The van der Waals surface area contributed by atoms with Crippen LogP contribution in [0.3, 0.4) is 0 Å². The molecule has 0 aliphatic carbocycles. The van der Waals surface area contributed by atoms with Crippen LogP contribution in [0.2, 0.25) is 5.02 Å². The molecule has 2 aromatic carbocycles. The van der Waals surface area contributed by atoms with Crippen molar-refractivity contribution in [2.24, 2.45) is 0 Å². The molecule has 3 aromatic rings. The highest BCUT2D eigenvalue weighted by atomic mass is 35.5. The van der Waals surface area contributed by atoms with Crippen molar-refractivity contribution in [1.29, 1.82) is 0 Å². The molecule has 1 fully saturated rings. The predicted octanol–water partition coefficient (Wildman–Crippen LogP) is 4.23. The molecule has 0 N–H and O–H groups in total. The number of carbonyl (C=O) groups is 1. The molecule has 1 aliphatic rings. The summed E-state index contributed by atoms with van der Waals surface area (Å²) in [4.78, 5) is 16.5. The second-order valence-electron chi connectivity index (χ2n) is 7.80. The molecule has 7 nitrogen and oxygen atoms in total. The third kappa shape index (κ3) is 5.73. The van der Waals surface area contributed by atoms with Gasteiger partial charge in [-0.1, -0.05) is 11.6 Å². The lowest BCUT2D eigenvalue weighted by atomic mass is 10.1. The highest BCUT2D eigenvalue weighted by molar-refractivity contribution is 6.31. The monoisotopic (exact) mass is 466 g/mol. The average Bonchev–Trinajstić information content (AvgIpc) is 2.85. The fraction of sp³-hybridized carbons (Fsp3) is 0.320. The van der Waals surface area contributed by atoms with Gasteiger partial charge in [0.2, 0.25) is 0 Å². The number of piperazine rings is 1. The number of halogens is 1. The van der Waals surface area contributed by atoms with Crippen molar-refractivity contribution in [3.05, 3.63) is 65.2 Å². The fourth-order valence-electron chi connectivity index (χ4n) is 3.66. The second kappa shape index (κ2) is 10.5. The van der Waals surface area contributed by atoms with Crippen molar-refractivity contribution in [1.82, 2.24) is 15.1 Å². The molecular weight excluding hydrogens is 440 g/mol. The summed E-state index contributed by atoms with van der Waals surface area (Å²) in [5, 5.41) is 9.47. The number of benzene rings is 2. The normalized spacial score (nSPS) is 13.7. The minimum absolute atomic E-state index is 0.0116. The van der Waals surface area contributed by atoms with Crippen molar-refractivity contribution in [2.75, 3.05) is 44.3 Å². The molecule has 0 atom stereocenters. The molecule has 2 heterocycles. The van der Waals surface area contributed by atoms with Crippen LogP contribution < -0.4 is 14.4 Å². The highest BCUT2D eigenvalue weighted by Gasteiger charge is 2.22. The first kappa shape index (κ1) is 22.9. The summed E-state index contributed by atoms with van der Waals surface area (Å²) in [5.74, 6) is 2.27. The smallest absolute Gasteiger partial charge is 0.260 e. The Hall–Kier alpha value is -3.32. The van der Waals surface area contributed by atoms with E-state index in [9.17, 15) is 4.79 Å². The van der Waals surface area contributed by atoms with Gasteiger partial charge >= 0.3 is 0 Å². The molecule has 1 amide bonds. The maximum Gasteiger partial charge on any atom is 0.260 e. The van der Waals surface area contributed by atoms with E-state index in [1.807, 2.05) is 61.2 Å². The summed E-state index contributed by atoms with van der Waals surface area (Å²) in [5.41, 5.74) is 2.72. The molecular formula is C25H27ClN4O3. The number of ether oxygens (including phenoxy) is 2. The van der Waals surface area contributed by atoms with Crippen LogP contribution in [-0.4, -0.2) is 60.4 Å². The molecule has 0 bridgehead atoms. The Morgan fingerprint density at radius 3 is 2.30 bits per heavy atom. The van der Waals surface area contributed by atoms with E-state index < -0.39 is 0 Å². The summed E-state index contributed by atoms with van der Waals surface area (Å²) in [6.07, 6.45) is 0. The Morgan fingerprint density at radius 1 is 0.939 bits per heavy atom. The minimum atomic E-state index is -0.0285. The van der Waals surface area contributed by atoms with E-state index in [1.165, 1.54) is 0 Å². The topological polar surface area (TPSA) is 67.8 Å². The zero-order valence-electron chi connectivity index (χ0n) is 18.8. The number of anilines is 1. The van der Waals surface area contributed by atoms with Crippen molar-refractivity contribution < 1.29 is 14.3 Å². The van der Waals surface area contributed by atoms with Crippen LogP contribution in [-0.2, 0) is 4.79 Å². The molecule has 33 heavy (non-hydrogen) atoms. The van der Waals surface area contributed by atoms with Gasteiger partial charge in [0.25, 0.3) is 5.91 Å². The number of amides is 1. The lowest BCUT2D eigenvalue weighted by Gasteiger charge is -2.35. The first-order chi connectivity index (χ1) is 16.0. The van der Waals surface area contributed by atoms with Crippen LogP contribution in [0.1, 0.15) is 12.5 Å². The summed E-state index contributed by atoms with van der Waals surface area (Å²) in [6.45, 7) is 7.15. The zero-order chi connectivity index (χ0) is 23.2. The lowest BCUT2D eigenvalue weighted by molar-refractivity contribution is -0.133. The third-order valence-corrected chi connectivity index (χ3v) is 5.98. The molecule has 0 radical (unpaired) electrons. The third-order valence-electron chi connectivity index (χ3n) is 5.56. The molecule has 0 spiro atoms. The maximum atomic E-state index is 12.6. The van der Waals surface area contributed by atoms with Gasteiger partial charge in [-0.05, 0) is 74.0 Å². The van der Waals surface area contributed by atoms with E-state index in [0.29, 0.717) is 43.6 Å². The largest absolute Gasteiger partial charge is 0.494 e. The van der Waals surface area contributed by atoms with Crippen LogP contribution in [0.15, 0.2) is 54.6 Å². The number of hydrogen-bond acceptors (Lipinski definition) is 6. The Kier molecular flexibility index (Phi) is 7.29. The minimum Gasteiger partial charge on any atom is -0.494 e. The van der Waals surface area contributed by atoms with E-state index in [2.05, 4.69) is 15.1 Å². The van der Waals surface area contributed by atoms with E-state index in [0.717, 1.165) is 28.4 Å². The first-order valence-electron chi connectivity index (χ1n) is 11.0. The van der Waals surface area contributed by atoms with Gasteiger partial charge in [-0.15, -0.1) is 10.2 Å². The van der Waals surface area contributed by atoms with Gasteiger partial charge in [0, 0.05) is 36.8 Å². The molecule has 0 saturated carbocycles. The average molecular weight is 467 g/mol. The van der Waals surface area contributed by atoms with Gasteiger partial charge in [-0.2, -0.15) is 0 Å². The van der Waals surface area contributed by atoms with Crippen molar-refractivity contribution >= 4 is 23.3 Å². The lowest BCUT2D eigenvalue weighted by Crippen LogP contribution is -2.50. The van der Waals surface area contributed by atoms with Gasteiger partial charge < -0.3 is 19.3 Å². The summed E-state index contributed by atoms with van der Waals surface area (Å²) < 4.78 is 11.1. The summed E-state index contributed by atoms with van der Waals surface area (Å²) in [7, 11) is 0. The van der Waals surface area contributed by atoms with Crippen molar-refractivity contribution in [3.63, 3.8) is 0 Å². The number of aromatic nitrogens is 2. The molecule has 1 aromatic heterocycles. The van der Waals surface area contributed by atoms with Crippen LogP contribution >= 0.6 is 11.6 Å². The Morgan fingerprint density at radius 2 is 1.67 bits per heavy atom. The van der Waals surface area contributed by atoms with Crippen LogP contribution in [0.5, 0.6) is 11.5 Å². The Balaban J connectivity index is 1.28. The van der Waals surface area contributed by atoms with E-state index in [1.54, 1.807) is 12.1 Å². The SMILES string of the molecule is CCOc1ccc(-c2ccc(N3CCN(C(=O)COc4ccc(Cl)c(C)c4)CC3)nn2)cc1. The maximum absolute atomic E-state index is 12.6. The van der Waals surface area contributed by atoms with Gasteiger partial charge in [-0.3, -0.25) is 4.79 Å². The molecule has 0 unspecified atom stereocenters. The number of carbonyl (C=O) groups excluding carboxylic acids is 1. The van der Waals surface area contributed by atoms with Gasteiger partial charge in [-0.25, -0.2) is 0 Å². The Labute approximate surface area is 198 Å². The van der Waals surface area contributed by atoms with Gasteiger partial charge in [0.1, 0.15) is 11.5 Å². The zero-order valence-corrected chi connectivity index (χ0v) is 19.6. The molecule has 4 rings (SSSR count). The summed E-state index contributed by atoms with van der Waals surface area (Å²) >= 11 is 6.04. The van der Waals surface area contributed by atoms with Crippen LogP contribution in [0.4, 0.5) is 5.82 Å². The predicted molar refractivity (Wildman–Crippen MR) is 129 cm³/mol. The van der Waals surface area contributed by atoms with Crippen LogP contribution in [0, 0.1) is 6.92 Å². The van der Waals surface area contributed by atoms with Crippen molar-refractivity contribution in [3.8, 4) is 22.8 Å². The molecule has 1 saturated heterocycles. The number of aryl methyl sites for hydroxylation is 1. The Bertz CT molecular complexity index is 1080. The van der Waals surface area contributed by atoms with Crippen molar-refractivity contribution in [2.45, 2.75) is 13.8 Å². The first-order valence-corrected chi connectivity index (χ1v) is 11.4. The highest BCUT2D eigenvalue weighted by Crippen LogP contribution is 2.23. The number of rotatable bonds is 7. The molecule has 8 heteroatoms. The van der Waals surface area contributed by atoms with E-state index >= 15 is 0 Å². The standard InChI is InChI=1S/C25H27ClN4O3/c1-3-32-20-6-4-19(5-7-20)23-10-11-24(28-27-23)29-12-14-30(15-13-29)25(31)17-33-21-8-9-22(26)18(2)16-21/h4-11,16H,3,12-15,17H2,1-2H3. The quantitative estimate of drug-likeness (QED) is 0.519. The van der Waals surface area contributed by atoms with Crippen LogP contribution in [0.25, 0.3) is 11.3 Å². The second-order valence-corrected chi connectivity index (χ2v) is 8.21. The van der Waals surface area contributed by atoms with Gasteiger partial charge in [0.15, 0.2) is 12.4 Å². The molecule has 172 valence electrons. The van der Waals surface area contributed by atoms with E-state index in [4.69, 9.17) is 21.1 Å². The van der Waals surface area contributed by atoms with Gasteiger partial charge in [0.05, 0.1) is 12.3 Å². The number of hydrogen-bond donors (Lipinski definition) is 0. The molecule has 1 aliphatic heterocycles. The van der Waals surface area contributed by atoms with E-state index in [-0.39, 0.29) is 12.5 Å². The summed E-state index contributed by atoms with van der Waals surface area (Å²) in [6, 6.07) is 17.2. The fourth-order valence-corrected chi connectivity index (χ4v) is 3.78.